The maximum atomic E-state index is 12.8. The van der Waals surface area contributed by atoms with Gasteiger partial charge in [0.1, 0.15) is 0 Å². The molecule has 1 amide bonds. The van der Waals surface area contributed by atoms with Crippen molar-refractivity contribution in [2.24, 2.45) is 0 Å². The predicted molar refractivity (Wildman–Crippen MR) is 107 cm³/mol. The average Bonchev–Trinajstić information content (AvgIpc) is 3.33. The number of nitrogens with zero attached hydrogens (tertiary/aromatic N) is 3. The largest absolute Gasteiger partial charge is 0.312 e. The van der Waals surface area contributed by atoms with E-state index in [1.165, 1.54) is 0 Å². The third-order valence-corrected chi connectivity index (χ3v) is 6.26. The van der Waals surface area contributed by atoms with Gasteiger partial charge in [-0.1, -0.05) is 0 Å². The molecule has 2 heterocycles. The first-order valence-electron chi connectivity index (χ1n) is 8.98. The fourth-order valence-electron chi connectivity index (χ4n) is 3.34. The summed E-state index contributed by atoms with van der Waals surface area (Å²) in [6.07, 6.45) is 4.86. The van der Waals surface area contributed by atoms with Crippen LogP contribution in [-0.2, 0) is 14.8 Å². The fraction of sp³-hybridized carbons (Fsp3) is 0.200. The van der Waals surface area contributed by atoms with Gasteiger partial charge in [0.05, 0.1) is 10.6 Å². The summed E-state index contributed by atoms with van der Waals surface area (Å²) < 4.78 is 30.0. The van der Waals surface area contributed by atoms with Crippen LogP contribution in [-0.4, -0.2) is 30.7 Å². The number of carbonyl (C=O) groups is 1. The van der Waals surface area contributed by atoms with Gasteiger partial charge in [0.15, 0.2) is 0 Å². The highest BCUT2D eigenvalue weighted by Crippen LogP contribution is 2.27. The number of carbonyl (C=O) groups excluding carboxylic acids is 1. The van der Waals surface area contributed by atoms with E-state index >= 15 is 0 Å². The van der Waals surface area contributed by atoms with Crippen LogP contribution in [0.3, 0.4) is 0 Å². The molecular weight excluding hydrogens is 376 g/mol. The molecule has 1 aliphatic rings. The summed E-state index contributed by atoms with van der Waals surface area (Å²) in [6.45, 7) is 2.41. The second-order valence-electron chi connectivity index (χ2n) is 6.70. The Morgan fingerprint density at radius 3 is 2.43 bits per heavy atom. The molecular formula is C20H20N4O3S. The van der Waals surface area contributed by atoms with Crippen molar-refractivity contribution in [3.8, 4) is 5.69 Å². The van der Waals surface area contributed by atoms with Crippen molar-refractivity contribution in [1.29, 1.82) is 0 Å². The lowest BCUT2D eigenvalue weighted by Gasteiger charge is -2.18. The molecule has 3 aromatic rings. The second-order valence-corrected chi connectivity index (χ2v) is 8.35. The first-order valence-corrected chi connectivity index (χ1v) is 10.5. The number of anilines is 2. The van der Waals surface area contributed by atoms with Gasteiger partial charge in [-0.3, -0.25) is 9.52 Å². The number of aryl methyl sites for hydroxylation is 1. The third kappa shape index (κ3) is 3.50. The summed E-state index contributed by atoms with van der Waals surface area (Å²) in [5, 5.41) is 4.15. The minimum absolute atomic E-state index is 0.0744. The number of sulfonamides is 1. The van der Waals surface area contributed by atoms with Crippen LogP contribution < -0.4 is 9.62 Å². The quantitative estimate of drug-likeness (QED) is 0.718. The van der Waals surface area contributed by atoms with Gasteiger partial charge in [0, 0.05) is 36.7 Å². The van der Waals surface area contributed by atoms with E-state index in [2.05, 4.69) is 9.82 Å². The average molecular weight is 396 g/mol. The summed E-state index contributed by atoms with van der Waals surface area (Å²) in [6, 6.07) is 13.8. The Hall–Kier alpha value is -3.13. The predicted octanol–water partition coefficient (Wildman–Crippen LogP) is 3.11. The van der Waals surface area contributed by atoms with Gasteiger partial charge >= 0.3 is 0 Å². The van der Waals surface area contributed by atoms with E-state index in [1.54, 1.807) is 65.2 Å². The van der Waals surface area contributed by atoms with Crippen molar-refractivity contribution in [2.75, 3.05) is 16.2 Å². The van der Waals surface area contributed by atoms with Gasteiger partial charge in [-0.2, -0.15) is 5.10 Å². The van der Waals surface area contributed by atoms with Crippen LogP contribution in [0.15, 0.2) is 65.8 Å². The smallest absolute Gasteiger partial charge is 0.262 e. The van der Waals surface area contributed by atoms with Crippen molar-refractivity contribution in [3.63, 3.8) is 0 Å². The molecule has 0 unspecified atom stereocenters. The molecule has 1 aliphatic heterocycles. The Labute approximate surface area is 163 Å². The molecule has 7 nitrogen and oxygen atoms in total. The first kappa shape index (κ1) is 18.2. The molecule has 1 fully saturated rings. The molecule has 0 spiro atoms. The zero-order valence-corrected chi connectivity index (χ0v) is 16.2. The molecule has 144 valence electrons. The monoisotopic (exact) mass is 396 g/mol. The van der Waals surface area contributed by atoms with Gasteiger partial charge in [0.25, 0.3) is 10.0 Å². The standard InChI is InChI=1S/C20H20N4O3S/c1-15-14-18(23-12-2-4-20(23)25)9-10-19(15)28(26,27)22-16-5-7-17(8-6-16)24-13-3-11-21-24/h3,5-11,13-14,22H,2,4,12H2,1H3. The van der Waals surface area contributed by atoms with Crippen LogP contribution in [0.1, 0.15) is 18.4 Å². The van der Waals surface area contributed by atoms with Crippen molar-refractivity contribution < 1.29 is 13.2 Å². The van der Waals surface area contributed by atoms with Crippen LogP contribution in [0.4, 0.5) is 11.4 Å². The summed E-state index contributed by atoms with van der Waals surface area (Å²) in [5.74, 6) is 0.0744. The van der Waals surface area contributed by atoms with Crippen molar-refractivity contribution in [3.05, 3.63) is 66.5 Å². The molecule has 1 saturated heterocycles. The number of hydrogen-bond acceptors (Lipinski definition) is 4. The number of amides is 1. The maximum absolute atomic E-state index is 12.8. The molecule has 8 heteroatoms. The molecule has 2 aromatic carbocycles. The SMILES string of the molecule is Cc1cc(N2CCCC2=O)ccc1S(=O)(=O)Nc1ccc(-n2cccn2)cc1. The van der Waals surface area contributed by atoms with E-state index in [0.717, 1.165) is 17.8 Å². The van der Waals surface area contributed by atoms with E-state index < -0.39 is 10.0 Å². The molecule has 0 aliphatic carbocycles. The van der Waals surface area contributed by atoms with Gasteiger partial charge in [0.2, 0.25) is 5.91 Å². The number of rotatable bonds is 5. The fourth-order valence-corrected chi connectivity index (χ4v) is 4.62. The molecule has 0 saturated carbocycles. The van der Waals surface area contributed by atoms with E-state index in [0.29, 0.717) is 24.2 Å². The van der Waals surface area contributed by atoms with E-state index in [1.807, 2.05) is 12.3 Å². The highest BCUT2D eigenvalue weighted by Gasteiger charge is 2.24. The lowest BCUT2D eigenvalue weighted by atomic mass is 10.2. The Bertz CT molecular complexity index is 1110. The summed E-state index contributed by atoms with van der Waals surface area (Å²) in [4.78, 5) is 13.8. The number of hydrogen-bond donors (Lipinski definition) is 1. The molecule has 0 atom stereocenters. The summed E-state index contributed by atoms with van der Waals surface area (Å²) in [7, 11) is -3.74. The van der Waals surface area contributed by atoms with Gasteiger partial charge in [-0.25, -0.2) is 13.1 Å². The highest BCUT2D eigenvalue weighted by atomic mass is 32.2. The van der Waals surface area contributed by atoms with E-state index in [-0.39, 0.29) is 10.8 Å². The lowest BCUT2D eigenvalue weighted by Crippen LogP contribution is -2.24. The highest BCUT2D eigenvalue weighted by molar-refractivity contribution is 7.92. The normalized spacial score (nSPS) is 14.5. The van der Waals surface area contributed by atoms with E-state index in [9.17, 15) is 13.2 Å². The van der Waals surface area contributed by atoms with Crippen molar-refractivity contribution >= 4 is 27.3 Å². The summed E-state index contributed by atoms with van der Waals surface area (Å²) >= 11 is 0. The Morgan fingerprint density at radius 2 is 1.82 bits per heavy atom. The third-order valence-electron chi connectivity index (χ3n) is 4.72. The lowest BCUT2D eigenvalue weighted by molar-refractivity contribution is -0.117. The summed E-state index contributed by atoms with van der Waals surface area (Å²) in [5.41, 5.74) is 2.64. The minimum Gasteiger partial charge on any atom is -0.312 e. The van der Waals surface area contributed by atoms with Crippen LogP contribution in [0, 0.1) is 6.92 Å². The molecule has 1 aromatic heterocycles. The van der Waals surface area contributed by atoms with Gasteiger partial charge < -0.3 is 4.90 Å². The topological polar surface area (TPSA) is 84.3 Å². The van der Waals surface area contributed by atoms with Crippen LogP contribution in [0.2, 0.25) is 0 Å². The molecule has 4 rings (SSSR count). The Kier molecular flexibility index (Phi) is 4.64. The first-order chi connectivity index (χ1) is 13.4. The Balaban J connectivity index is 1.55. The maximum Gasteiger partial charge on any atom is 0.262 e. The zero-order chi connectivity index (χ0) is 19.7. The number of benzene rings is 2. The van der Waals surface area contributed by atoms with Crippen molar-refractivity contribution in [2.45, 2.75) is 24.7 Å². The number of nitrogens with one attached hydrogen (secondary N) is 1. The Morgan fingerprint density at radius 1 is 1.07 bits per heavy atom. The van der Waals surface area contributed by atoms with Crippen LogP contribution >= 0.6 is 0 Å². The van der Waals surface area contributed by atoms with E-state index in [4.69, 9.17) is 0 Å². The zero-order valence-electron chi connectivity index (χ0n) is 15.4. The van der Waals surface area contributed by atoms with Gasteiger partial charge in [-0.05, 0) is 67.4 Å². The second kappa shape index (κ2) is 7.12. The molecule has 0 bridgehead atoms. The van der Waals surface area contributed by atoms with Crippen LogP contribution in [0.25, 0.3) is 5.69 Å². The van der Waals surface area contributed by atoms with Gasteiger partial charge in [-0.15, -0.1) is 0 Å². The van der Waals surface area contributed by atoms with Crippen molar-refractivity contribution in [1.82, 2.24) is 9.78 Å². The van der Waals surface area contributed by atoms with Crippen LogP contribution in [0.5, 0.6) is 0 Å². The molecule has 0 radical (unpaired) electrons. The number of aromatic nitrogens is 2. The molecule has 1 N–H and O–H groups in total. The molecule has 28 heavy (non-hydrogen) atoms. The minimum atomic E-state index is -3.74.